The van der Waals surface area contributed by atoms with Crippen molar-refractivity contribution in [3.05, 3.63) is 23.0 Å². The first kappa shape index (κ1) is 12.2. The number of aromatic nitrogens is 1. The number of rotatable bonds is 6. The summed E-state index contributed by atoms with van der Waals surface area (Å²) in [4.78, 5) is 15.1. The number of unbranched alkanes of at least 4 members (excludes halogenated alkanes) is 1. The van der Waals surface area contributed by atoms with Crippen LogP contribution in [0, 0.1) is 0 Å². The highest BCUT2D eigenvalue weighted by atomic mass is 16.5. The third-order valence-corrected chi connectivity index (χ3v) is 3.20. The molecule has 1 aromatic rings. The van der Waals surface area contributed by atoms with E-state index in [1.54, 1.807) is 0 Å². The Balaban J connectivity index is 2.16. The van der Waals surface area contributed by atoms with Gasteiger partial charge in [0.1, 0.15) is 5.69 Å². The molecule has 0 atom stereocenters. The lowest BCUT2D eigenvalue weighted by Gasteiger charge is -2.02. The summed E-state index contributed by atoms with van der Waals surface area (Å²) in [5.41, 5.74) is 3.05. The van der Waals surface area contributed by atoms with Crippen molar-refractivity contribution in [1.29, 1.82) is 0 Å². The van der Waals surface area contributed by atoms with Crippen molar-refractivity contribution in [2.45, 2.75) is 51.9 Å². The molecule has 0 radical (unpaired) electrons. The van der Waals surface area contributed by atoms with Crippen molar-refractivity contribution >= 4 is 5.97 Å². The molecule has 1 fully saturated rings. The van der Waals surface area contributed by atoms with Crippen LogP contribution in [0.2, 0.25) is 0 Å². The van der Waals surface area contributed by atoms with Gasteiger partial charge in [-0.1, -0.05) is 13.3 Å². The van der Waals surface area contributed by atoms with E-state index in [0.717, 1.165) is 12.8 Å². The third kappa shape index (κ3) is 2.90. The number of aromatic amines is 1. The number of hydrogen-bond donors (Lipinski definition) is 1. The van der Waals surface area contributed by atoms with Crippen LogP contribution in [-0.4, -0.2) is 17.6 Å². The molecular formula is C14H21NO2. The van der Waals surface area contributed by atoms with Gasteiger partial charge in [-0.15, -0.1) is 0 Å². The SMILES string of the molecule is CCCCc1cc(C2CC2)c(C(=O)OCC)[nH]1. The molecule has 3 nitrogen and oxygen atoms in total. The lowest BCUT2D eigenvalue weighted by Crippen LogP contribution is -2.07. The molecule has 17 heavy (non-hydrogen) atoms. The van der Waals surface area contributed by atoms with Crippen molar-refractivity contribution < 1.29 is 9.53 Å². The molecule has 1 aliphatic rings. The molecule has 3 heteroatoms. The molecular weight excluding hydrogens is 214 g/mol. The average Bonchev–Trinajstić information content (AvgIpc) is 3.07. The molecule has 0 saturated heterocycles. The number of esters is 1. The minimum Gasteiger partial charge on any atom is -0.461 e. The van der Waals surface area contributed by atoms with E-state index < -0.39 is 0 Å². The normalized spacial score (nSPS) is 14.9. The molecule has 1 aromatic heterocycles. The van der Waals surface area contributed by atoms with Gasteiger partial charge in [-0.05, 0) is 50.2 Å². The maximum absolute atomic E-state index is 11.8. The molecule has 0 amide bonds. The molecule has 0 aromatic carbocycles. The smallest absolute Gasteiger partial charge is 0.355 e. The summed E-state index contributed by atoms with van der Waals surface area (Å²) in [6.45, 7) is 4.46. The van der Waals surface area contributed by atoms with Crippen LogP contribution in [0.3, 0.4) is 0 Å². The molecule has 1 N–H and O–H groups in total. The monoisotopic (exact) mass is 235 g/mol. The zero-order valence-electron chi connectivity index (χ0n) is 10.7. The van der Waals surface area contributed by atoms with E-state index in [9.17, 15) is 4.79 Å². The molecule has 0 bridgehead atoms. The van der Waals surface area contributed by atoms with Gasteiger partial charge in [-0.2, -0.15) is 0 Å². The van der Waals surface area contributed by atoms with Gasteiger partial charge in [0.15, 0.2) is 0 Å². The van der Waals surface area contributed by atoms with Gasteiger partial charge in [-0.25, -0.2) is 4.79 Å². The first-order chi connectivity index (χ1) is 8.26. The first-order valence-corrected chi connectivity index (χ1v) is 6.65. The van der Waals surface area contributed by atoms with Gasteiger partial charge in [0.25, 0.3) is 0 Å². The fourth-order valence-electron chi connectivity index (χ4n) is 2.12. The summed E-state index contributed by atoms with van der Waals surface area (Å²) in [6.07, 6.45) is 5.77. The number of ether oxygens (including phenoxy) is 1. The second-order valence-electron chi connectivity index (χ2n) is 4.72. The minimum absolute atomic E-state index is 0.197. The molecule has 1 saturated carbocycles. The average molecular weight is 235 g/mol. The lowest BCUT2D eigenvalue weighted by atomic mass is 10.1. The summed E-state index contributed by atoms with van der Waals surface area (Å²) in [5, 5.41) is 0. The van der Waals surface area contributed by atoms with Crippen molar-refractivity contribution in [1.82, 2.24) is 4.98 Å². The second kappa shape index (κ2) is 5.39. The summed E-state index contributed by atoms with van der Waals surface area (Å²) in [7, 11) is 0. The number of H-pyrrole nitrogens is 1. The molecule has 1 heterocycles. The number of carbonyl (C=O) groups excluding carboxylic acids is 1. The Labute approximate surface area is 103 Å². The fourth-order valence-corrected chi connectivity index (χ4v) is 2.12. The van der Waals surface area contributed by atoms with Gasteiger partial charge in [-0.3, -0.25) is 0 Å². The predicted octanol–water partition coefficient (Wildman–Crippen LogP) is 3.41. The largest absolute Gasteiger partial charge is 0.461 e. The summed E-state index contributed by atoms with van der Waals surface area (Å²) in [6, 6.07) is 2.17. The molecule has 2 rings (SSSR count). The van der Waals surface area contributed by atoms with Gasteiger partial charge in [0, 0.05) is 5.69 Å². The Kier molecular flexibility index (Phi) is 3.87. The second-order valence-corrected chi connectivity index (χ2v) is 4.72. The maximum Gasteiger partial charge on any atom is 0.355 e. The topological polar surface area (TPSA) is 42.1 Å². The predicted molar refractivity (Wildman–Crippen MR) is 67.3 cm³/mol. The van der Waals surface area contributed by atoms with Crippen LogP contribution in [0.25, 0.3) is 0 Å². The van der Waals surface area contributed by atoms with Crippen molar-refractivity contribution in [2.75, 3.05) is 6.61 Å². The highest BCUT2D eigenvalue weighted by molar-refractivity contribution is 5.89. The van der Waals surface area contributed by atoms with Gasteiger partial charge in [0.2, 0.25) is 0 Å². The van der Waals surface area contributed by atoms with Crippen LogP contribution in [0.1, 0.15) is 67.2 Å². The first-order valence-electron chi connectivity index (χ1n) is 6.65. The Morgan fingerprint density at radius 3 is 2.82 bits per heavy atom. The quantitative estimate of drug-likeness (QED) is 0.768. The van der Waals surface area contributed by atoms with Crippen LogP contribution in [0.5, 0.6) is 0 Å². The molecule has 0 spiro atoms. The third-order valence-electron chi connectivity index (χ3n) is 3.20. The van der Waals surface area contributed by atoms with Gasteiger partial charge in [0.05, 0.1) is 6.61 Å². The van der Waals surface area contributed by atoms with Crippen LogP contribution >= 0.6 is 0 Å². The van der Waals surface area contributed by atoms with Crippen molar-refractivity contribution in [2.24, 2.45) is 0 Å². The highest BCUT2D eigenvalue weighted by Gasteiger charge is 2.30. The molecule has 0 aliphatic heterocycles. The van der Waals surface area contributed by atoms with E-state index in [1.165, 1.54) is 30.5 Å². The van der Waals surface area contributed by atoms with E-state index in [0.29, 0.717) is 18.2 Å². The standard InChI is InChI=1S/C14H21NO2/c1-3-5-6-11-9-12(10-7-8-10)13(15-11)14(16)17-4-2/h9-10,15H,3-8H2,1-2H3. The van der Waals surface area contributed by atoms with Gasteiger partial charge >= 0.3 is 5.97 Å². The number of hydrogen-bond acceptors (Lipinski definition) is 2. The van der Waals surface area contributed by atoms with Crippen LogP contribution in [-0.2, 0) is 11.2 Å². The Hall–Kier alpha value is -1.25. The maximum atomic E-state index is 11.8. The lowest BCUT2D eigenvalue weighted by molar-refractivity contribution is 0.0518. The van der Waals surface area contributed by atoms with E-state index in [2.05, 4.69) is 18.0 Å². The number of carbonyl (C=O) groups is 1. The Bertz CT molecular complexity index is 391. The van der Waals surface area contributed by atoms with Crippen molar-refractivity contribution in [3.8, 4) is 0 Å². The van der Waals surface area contributed by atoms with E-state index >= 15 is 0 Å². The van der Waals surface area contributed by atoms with Crippen molar-refractivity contribution in [3.63, 3.8) is 0 Å². The zero-order chi connectivity index (χ0) is 12.3. The fraction of sp³-hybridized carbons (Fsp3) is 0.643. The van der Waals surface area contributed by atoms with E-state index in [-0.39, 0.29) is 5.97 Å². The van der Waals surface area contributed by atoms with E-state index in [1.807, 2.05) is 6.92 Å². The number of nitrogens with one attached hydrogen (secondary N) is 1. The van der Waals surface area contributed by atoms with Crippen LogP contribution in [0.4, 0.5) is 0 Å². The molecule has 0 unspecified atom stereocenters. The minimum atomic E-state index is -0.197. The summed E-state index contributed by atoms with van der Waals surface area (Å²) < 4.78 is 5.09. The summed E-state index contributed by atoms with van der Waals surface area (Å²) in [5.74, 6) is 0.387. The molecule has 1 aliphatic carbocycles. The Morgan fingerprint density at radius 1 is 1.47 bits per heavy atom. The summed E-state index contributed by atoms with van der Waals surface area (Å²) >= 11 is 0. The number of aryl methyl sites for hydroxylation is 1. The highest BCUT2D eigenvalue weighted by Crippen LogP contribution is 2.42. The van der Waals surface area contributed by atoms with E-state index in [4.69, 9.17) is 4.74 Å². The van der Waals surface area contributed by atoms with Gasteiger partial charge < -0.3 is 9.72 Å². The molecule has 94 valence electrons. The van der Waals surface area contributed by atoms with Crippen LogP contribution < -0.4 is 0 Å². The van der Waals surface area contributed by atoms with Crippen LogP contribution in [0.15, 0.2) is 6.07 Å². The Morgan fingerprint density at radius 2 is 2.24 bits per heavy atom. The zero-order valence-corrected chi connectivity index (χ0v) is 10.7.